The van der Waals surface area contributed by atoms with Gasteiger partial charge in [-0.1, -0.05) is 25.6 Å². The minimum atomic E-state index is -0.553. The first-order chi connectivity index (χ1) is 18.4. The van der Waals surface area contributed by atoms with Crippen molar-refractivity contribution in [1.82, 2.24) is 0 Å². The molecule has 2 amide bonds. The summed E-state index contributed by atoms with van der Waals surface area (Å²) in [6.45, 7) is 5.61. The van der Waals surface area contributed by atoms with Crippen molar-refractivity contribution in [3.05, 3.63) is 102 Å². The Morgan fingerprint density at radius 2 is 1.50 bits per heavy atom. The van der Waals surface area contributed by atoms with Crippen LogP contribution in [0.2, 0.25) is 0 Å². The summed E-state index contributed by atoms with van der Waals surface area (Å²) >= 11 is 0. The van der Waals surface area contributed by atoms with Crippen LogP contribution in [0.1, 0.15) is 40.7 Å². The Morgan fingerprint density at radius 3 is 2.13 bits per heavy atom. The Balaban J connectivity index is 1.26. The van der Waals surface area contributed by atoms with E-state index in [0.29, 0.717) is 17.2 Å². The first kappa shape index (κ1) is 24.7. The fourth-order valence-electron chi connectivity index (χ4n) is 4.58. The van der Waals surface area contributed by atoms with Crippen LogP contribution in [0.3, 0.4) is 0 Å². The molecule has 3 aromatic carbocycles. The average molecular weight is 510 g/mol. The Morgan fingerprint density at radius 1 is 0.895 bits per heavy atom. The van der Waals surface area contributed by atoms with Gasteiger partial charge in [-0.2, -0.15) is 0 Å². The summed E-state index contributed by atoms with van der Waals surface area (Å²) in [7, 11) is 0. The number of fused-ring (bicyclic) bond motifs is 3. The molecular formula is C30H23NO7. The van der Waals surface area contributed by atoms with Crippen LogP contribution < -0.4 is 14.4 Å². The van der Waals surface area contributed by atoms with Crippen molar-refractivity contribution in [1.29, 1.82) is 0 Å². The molecule has 38 heavy (non-hydrogen) atoms. The molecule has 0 fully saturated rings. The van der Waals surface area contributed by atoms with Gasteiger partial charge >= 0.3 is 11.9 Å². The Kier molecular flexibility index (Phi) is 6.62. The van der Waals surface area contributed by atoms with E-state index in [1.165, 1.54) is 36.4 Å². The average Bonchev–Trinajstić information content (AvgIpc) is 3.39. The lowest BCUT2D eigenvalue weighted by Gasteiger charge is -2.14. The number of carbonyl (C=O) groups is 4. The van der Waals surface area contributed by atoms with E-state index >= 15 is 0 Å². The Labute approximate surface area is 218 Å². The lowest BCUT2D eigenvalue weighted by Crippen LogP contribution is -2.29. The van der Waals surface area contributed by atoms with Gasteiger partial charge in [-0.3, -0.25) is 14.4 Å². The molecule has 0 N–H and O–H groups in total. The number of imide groups is 1. The molecule has 1 atom stereocenters. The lowest BCUT2D eigenvalue weighted by molar-refractivity contribution is -0.138. The van der Waals surface area contributed by atoms with Gasteiger partial charge in [0, 0.05) is 18.1 Å². The molecule has 2 aliphatic rings. The minimum absolute atomic E-state index is 0.0383. The van der Waals surface area contributed by atoms with Crippen molar-refractivity contribution < 1.29 is 33.4 Å². The quantitative estimate of drug-likeness (QED) is 0.184. The third-order valence-corrected chi connectivity index (χ3v) is 6.44. The summed E-state index contributed by atoms with van der Waals surface area (Å²) in [4.78, 5) is 49.0. The van der Waals surface area contributed by atoms with Gasteiger partial charge in [-0.15, -0.1) is 0 Å². The number of nitrogens with zero attached hydrogens (tertiary/aromatic N) is 1. The van der Waals surface area contributed by atoms with Gasteiger partial charge in [0.2, 0.25) is 0 Å². The van der Waals surface area contributed by atoms with Gasteiger partial charge in [-0.05, 0) is 70.8 Å². The van der Waals surface area contributed by atoms with Crippen molar-refractivity contribution in [2.75, 3.05) is 11.5 Å². The first-order valence-corrected chi connectivity index (χ1v) is 12.0. The minimum Gasteiger partial charge on any atom is -0.493 e. The highest BCUT2D eigenvalue weighted by atomic mass is 16.5. The van der Waals surface area contributed by atoms with Crippen LogP contribution in [0.5, 0.6) is 11.5 Å². The van der Waals surface area contributed by atoms with E-state index < -0.39 is 23.8 Å². The SMILES string of the molecule is C=COC(=O)CCOc1ccc2c(c1)C(C)c1cc(OC(=O)c3ccc(N4C(=O)C=CC4=O)cc3)ccc1-2. The summed E-state index contributed by atoms with van der Waals surface area (Å²) in [5, 5.41) is 0. The second-order valence-corrected chi connectivity index (χ2v) is 8.76. The summed E-state index contributed by atoms with van der Waals surface area (Å²) in [5.41, 5.74) is 4.88. The molecule has 0 saturated carbocycles. The highest BCUT2D eigenvalue weighted by Gasteiger charge is 2.27. The largest absolute Gasteiger partial charge is 0.493 e. The van der Waals surface area contributed by atoms with Crippen LogP contribution in [0.4, 0.5) is 5.69 Å². The molecule has 0 spiro atoms. The Hall–Kier alpha value is -4.98. The smallest absolute Gasteiger partial charge is 0.343 e. The third-order valence-electron chi connectivity index (χ3n) is 6.44. The van der Waals surface area contributed by atoms with Gasteiger partial charge in [0.15, 0.2) is 0 Å². The van der Waals surface area contributed by atoms with Gasteiger partial charge in [0.05, 0.1) is 30.5 Å². The maximum Gasteiger partial charge on any atom is 0.343 e. The maximum absolute atomic E-state index is 12.8. The summed E-state index contributed by atoms with van der Waals surface area (Å²) < 4.78 is 16.0. The van der Waals surface area contributed by atoms with Crippen molar-refractivity contribution >= 4 is 29.4 Å². The number of hydrogen-bond donors (Lipinski definition) is 0. The van der Waals surface area contributed by atoms with E-state index in [-0.39, 0.29) is 24.5 Å². The molecule has 5 rings (SSSR count). The molecule has 0 saturated heterocycles. The topological polar surface area (TPSA) is 99.2 Å². The molecule has 1 unspecified atom stereocenters. The van der Waals surface area contributed by atoms with Gasteiger partial charge < -0.3 is 14.2 Å². The molecule has 3 aromatic rings. The molecular weight excluding hydrogens is 486 g/mol. The molecule has 8 heteroatoms. The third kappa shape index (κ3) is 4.71. The molecule has 8 nitrogen and oxygen atoms in total. The standard InChI is InChI=1S/C30H23NO7/c1-3-36-29(34)14-15-37-21-8-10-23-24-11-9-22(17-26(24)18(2)25(23)16-21)38-30(35)19-4-6-20(7-5-19)31-27(32)12-13-28(31)33/h3-13,16-18H,1,14-15H2,2H3. The maximum atomic E-state index is 12.8. The van der Waals surface area contributed by atoms with E-state index in [1.807, 2.05) is 30.3 Å². The summed E-state index contributed by atoms with van der Waals surface area (Å²) in [6, 6.07) is 17.4. The number of anilines is 1. The predicted octanol–water partition coefficient (Wildman–Crippen LogP) is 4.92. The zero-order valence-electron chi connectivity index (χ0n) is 20.5. The van der Waals surface area contributed by atoms with Crippen LogP contribution >= 0.6 is 0 Å². The number of benzene rings is 3. The number of amides is 2. The first-order valence-electron chi connectivity index (χ1n) is 12.0. The molecule has 1 heterocycles. The monoisotopic (exact) mass is 509 g/mol. The van der Waals surface area contributed by atoms with E-state index in [1.54, 1.807) is 6.07 Å². The second-order valence-electron chi connectivity index (χ2n) is 8.76. The van der Waals surface area contributed by atoms with Crippen LogP contribution in [0.25, 0.3) is 11.1 Å². The van der Waals surface area contributed by atoms with E-state index in [2.05, 4.69) is 13.5 Å². The molecule has 0 aromatic heterocycles. The lowest BCUT2D eigenvalue weighted by atomic mass is 9.99. The van der Waals surface area contributed by atoms with Gasteiger partial charge in [0.1, 0.15) is 11.5 Å². The fraction of sp³-hybridized carbons (Fsp3) is 0.133. The number of carbonyl (C=O) groups excluding carboxylic acids is 4. The highest BCUT2D eigenvalue weighted by Crippen LogP contribution is 2.47. The van der Waals surface area contributed by atoms with E-state index in [4.69, 9.17) is 14.2 Å². The zero-order valence-corrected chi connectivity index (χ0v) is 20.5. The second kappa shape index (κ2) is 10.2. The molecule has 190 valence electrons. The molecule has 0 bridgehead atoms. The predicted molar refractivity (Wildman–Crippen MR) is 139 cm³/mol. The van der Waals surface area contributed by atoms with Crippen molar-refractivity contribution in [3.63, 3.8) is 0 Å². The molecule has 1 aliphatic carbocycles. The van der Waals surface area contributed by atoms with Crippen molar-refractivity contribution in [2.45, 2.75) is 19.3 Å². The van der Waals surface area contributed by atoms with Crippen molar-refractivity contribution in [2.24, 2.45) is 0 Å². The Bertz CT molecular complexity index is 1490. The van der Waals surface area contributed by atoms with Crippen LogP contribution in [0.15, 0.2) is 85.7 Å². The highest BCUT2D eigenvalue weighted by molar-refractivity contribution is 6.28. The fourth-order valence-corrected chi connectivity index (χ4v) is 4.58. The summed E-state index contributed by atoms with van der Waals surface area (Å²) in [6.07, 6.45) is 3.61. The van der Waals surface area contributed by atoms with Crippen molar-refractivity contribution in [3.8, 4) is 22.6 Å². The van der Waals surface area contributed by atoms with Gasteiger partial charge in [0.25, 0.3) is 11.8 Å². The molecule has 0 radical (unpaired) electrons. The number of hydrogen-bond acceptors (Lipinski definition) is 7. The van der Waals surface area contributed by atoms with E-state index in [0.717, 1.165) is 33.4 Å². The van der Waals surface area contributed by atoms with Gasteiger partial charge in [-0.25, -0.2) is 9.69 Å². The van der Waals surface area contributed by atoms with E-state index in [9.17, 15) is 19.2 Å². The summed E-state index contributed by atoms with van der Waals surface area (Å²) in [5.74, 6) is -0.717. The molecule has 1 aliphatic heterocycles. The van der Waals surface area contributed by atoms with Crippen LogP contribution in [-0.4, -0.2) is 30.4 Å². The van der Waals surface area contributed by atoms with Crippen LogP contribution in [-0.2, 0) is 19.1 Å². The number of esters is 2. The number of rotatable bonds is 8. The number of ether oxygens (including phenoxy) is 3. The van der Waals surface area contributed by atoms with Crippen LogP contribution in [0, 0.1) is 0 Å². The zero-order chi connectivity index (χ0) is 26.8. The normalized spacial score (nSPS) is 15.2.